The molecular formula is C27H30ClF2N7O3. The molecule has 3 fully saturated rings. The Balaban J connectivity index is 1.20. The van der Waals surface area contributed by atoms with Crippen LogP contribution in [0.25, 0.3) is 11.0 Å². The second-order valence-electron chi connectivity index (χ2n) is 11.6. The van der Waals surface area contributed by atoms with Crippen molar-refractivity contribution in [2.45, 2.75) is 69.8 Å². The van der Waals surface area contributed by atoms with Crippen LogP contribution in [-0.2, 0) is 4.74 Å². The summed E-state index contributed by atoms with van der Waals surface area (Å²) in [4.78, 5) is 34.2. The Morgan fingerprint density at radius 3 is 2.67 bits per heavy atom. The Labute approximate surface area is 235 Å². The Bertz CT molecular complexity index is 1470. The molecule has 4 heterocycles. The number of halogens is 3. The molecule has 1 aromatic carbocycles. The highest BCUT2D eigenvalue weighted by atomic mass is 35.5. The molecule has 40 heavy (non-hydrogen) atoms. The third-order valence-corrected chi connectivity index (χ3v) is 7.88. The third-order valence-electron chi connectivity index (χ3n) is 7.53. The molecule has 1 aliphatic carbocycles. The minimum absolute atomic E-state index is 0.00250. The lowest BCUT2D eigenvalue weighted by molar-refractivity contribution is 0.0124. The van der Waals surface area contributed by atoms with Crippen LogP contribution in [0.1, 0.15) is 46.5 Å². The largest absolute Gasteiger partial charge is 0.489 e. The molecular weight excluding hydrogens is 544 g/mol. The number of amides is 1. The maximum absolute atomic E-state index is 15.2. The topological polar surface area (TPSA) is 106 Å². The lowest BCUT2D eigenvalue weighted by atomic mass is 9.83. The smallest absolute Gasteiger partial charge is 0.410 e. The van der Waals surface area contributed by atoms with Gasteiger partial charge in [-0.05, 0) is 58.6 Å². The number of piperazine rings is 1. The van der Waals surface area contributed by atoms with Gasteiger partial charge in [0.15, 0.2) is 11.6 Å². The zero-order valence-electron chi connectivity index (χ0n) is 22.5. The monoisotopic (exact) mass is 573 g/mol. The first-order valence-electron chi connectivity index (χ1n) is 13.3. The molecule has 6 rings (SSSR count). The molecule has 0 spiro atoms. The number of nitrogens with one attached hydrogen (secondary N) is 1. The van der Waals surface area contributed by atoms with Crippen molar-refractivity contribution in [2.24, 2.45) is 0 Å². The standard InChI is InChI=1S/C27H30ClF2N7O3/c1-26(2,3)40-25(38)37-12-15-9-16(37)11-36(15)24-31-10-18-22(35-24)23(33-14-32-18)34-17-5-6-19(20(28)21(17)29)39-13-27(30)7-4-8-27/h5-6,10,14-16H,4,7-9,11-13H2,1-3H3,(H,32,33,34)/t15-,16-/m0/s1. The summed E-state index contributed by atoms with van der Waals surface area (Å²) in [6, 6.07) is 3.00. The van der Waals surface area contributed by atoms with Crippen LogP contribution >= 0.6 is 11.6 Å². The van der Waals surface area contributed by atoms with Crippen molar-refractivity contribution >= 4 is 46.2 Å². The van der Waals surface area contributed by atoms with Gasteiger partial charge >= 0.3 is 6.09 Å². The highest BCUT2D eigenvalue weighted by Gasteiger charge is 2.47. The third kappa shape index (κ3) is 5.04. The summed E-state index contributed by atoms with van der Waals surface area (Å²) in [6.45, 7) is 6.46. The molecule has 2 atom stereocenters. The van der Waals surface area contributed by atoms with Crippen molar-refractivity contribution < 1.29 is 23.0 Å². The van der Waals surface area contributed by atoms with Crippen LogP contribution < -0.4 is 15.0 Å². The molecule has 2 aliphatic heterocycles. The highest BCUT2D eigenvalue weighted by Crippen LogP contribution is 2.39. The van der Waals surface area contributed by atoms with Crippen LogP contribution in [0.2, 0.25) is 5.02 Å². The number of hydrogen-bond acceptors (Lipinski definition) is 9. The molecule has 3 aliphatic rings. The number of hydrogen-bond donors (Lipinski definition) is 1. The van der Waals surface area contributed by atoms with E-state index in [0.29, 0.717) is 42.9 Å². The molecule has 1 saturated carbocycles. The van der Waals surface area contributed by atoms with E-state index in [-0.39, 0.29) is 47.1 Å². The number of carbonyl (C=O) groups excluding carboxylic acids is 1. The van der Waals surface area contributed by atoms with Crippen molar-refractivity contribution in [3.63, 3.8) is 0 Å². The van der Waals surface area contributed by atoms with Crippen LogP contribution in [0.15, 0.2) is 24.7 Å². The molecule has 1 N–H and O–H groups in total. The van der Waals surface area contributed by atoms with E-state index in [9.17, 15) is 9.18 Å². The van der Waals surface area contributed by atoms with E-state index in [1.807, 2.05) is 20.8 Å². The number of aromatic nitrogens is 4. The van der Waals surface area contributed by atoms with Crippen LogP contribution in [0.3, 0.4) is 0 Å². The SMILES string of the molecule is CC(C)(C)OC(=O)N1C[C@@H]2C[C@H]1CN2c1ncc2ncnc(Nc3ccc(OCC4(F)CCC4)c(Cl)c3F)c2n1. The summed E-state index contributed by atoms with van der Waals surface area (Å²) in [5.74, 6) is 0.0745. The highest BCUT2D eigenvalue weighted by molar-refractivity contribution is 6.32. The van der Waals surface area contributed by atoms with E-state index in [1.165, 1.54) is 18.5 Å². The van der Waals surface area contributed by atoms with Gasteiger partial charge in [-0.25, -0.2) is 33.5 Å². The van der Waals surface area contributed by atoms with Crippen molar-refractivity contribution in [2.75, 3.05) is 29.9 Å². The predicted octanol–water partition coefficient (Wildman–Crippen LogP) is 5.42. The first-order valence-corrected chi connectivity index (χ1v) is 13.7. The van der Waals surface area contributed by atoms with Gasteiger partial charge in [0.25, 0.3) is 0 Å². The summed E-state index contributed by atoms with van der Waals surface area (Å²) >= 11 is 6.23. The Kier molecular flexibility index (Phi) is 6.55. The molecule has 2 saturated heterocycles. The zero-order chi connectivity index (χ0) is 28.2. The summed E-state index contributed by atoms with van der Waals surface area (Å²) in [5, 5.41) is 2.71. The van der Waals surface area contributed by atoms with Gasteiger partial charge in [0.1, 0.15) is 46.0 Å². The van der Waals surface area contributed by atoms with Crippen LogP contribution in [0.4, 0.5) is 31.0 Å². The van der Waals surface area contributed by atoms with Gasteiger partial charge in [-0.2, -0.15) is 0 Å². The lowest BCUT2D eigenvalue weighted by Gasteiger charge is -2.35. The summed E-state index contributed by atoms with van der Waals surface area (Å²) in [6.07, 6.45) is 5.07. The minimum atomic E-state index is -1.38. The average Bonchev–Trinajstić information content (AvgIpc) is 3.50. The van der Waals surface area contributed by atoms with Gasteiger partial charge in [-0.1, -0.05) is 11.6 Å². The van der Waals surface area contributed by atoms with Gasteiger partial charge in [0.2, 0.25) is 5.95 Å². The number of likely N-dealkylation sites (tertiary alicyclic amines) is 1. The number of benzene rings is 1. The van der Waals surface area contributed by atoms with Crippen molar-refractivity contribution in [1.82, 2.24) is 24.8 Å². The van der Waals surface area contributed by atoms with E-state index in [4.69, 9.17) is 26.1 Å². The maximum atomic E-state index is 15.2. The van der Waals surface area contributed by atoms with Crippen LogP contribution in [0, 0.1) is 5.82 Å². The van der Waals surface area contributed by atoms with Crippen molar-refractivity contribution in [3.05, 3.63) is 35.5 Å². The fourth-order valence-electron chi connectivity index (χ4n) is 5.31. The second kappa shape index (κ2) is 9.83. The number of anilines is 3. The molecule has 3 aromatic rings. The number of carbonyl (C=O) groups is 1. The molecule has 2 bridgehead atoms. The van der Waals surface area contributed by atoms with E-state index < -0.39 is 17.1 Å². The summed E-state index contributed by atoms with van der Waals surface area (Å²) in [7, 11) is 0. The van der Waals surface area contributed by atoms with Gasteiger partial charge in [-0.3, -0.25) is 0 Å². The Morgan fingerprint density at radius 2 is 2.00 bits per heavy atom. The molecule has 0 unspecified atom stereocenters. The molecule has 1 amide bonds. The number of ether oxygens (including phenoxy) is 2. The molecule has 13 heteroatoms. The quantitative estimate of drug-likeness (QED) is 0.413. The number of nitrogens with zero attached hydrogens (tertiary/aromatic N) is 6. The van der Waals surface area contributed by atoms with Crippen molar-refractivity contribution in [1.29, 1.82) is 0 Å². The summed E-state index contributed by atoms with van der Waals surface area (Å²) in [5.41, 5.74) is -1.00. The van der Waals surface area contributed by atoms with E-state index >= 15 is 4.39 Å². The Hall–Kier alpha value is -3.54. The first kappa shape index (κ1) is 26.7. The maximum Gasteiger partial charge on any atom is 0.410 e. The fraction of sp³-hybridized carbons (Fsp3) is 0.519. The Morgan fingerprint density at radius 1 is 1.20 bits per heavy atom. The molecule has 0 radical (unpaired) electrons. The van der Waals surface area contributed by atoms with Crippen LogP contribution in [-0.4, -0.2) is 74.0 Å². The zero-order valence-corrected chi connectivity index (χ0v) is 23.2. The van der Waals surface area contributed by atoms with E-state index in [0.717, 1.165) is 12.8 Å². The average molecular weight is 574 g/mol. The number of fused-ring (bicyclic) bond motifs is 3. The summed E-state index contributed by atoms with van der Waals surface area (Å²) < 4.78 is 40.6. The van der Waals surface area contributed by atoms with Crippen molar-refractivity contribution in [3.8, 4) is 5.75 Å². The van der Waals surface area contributed by atoms with Gasteiger partial charge in [0.05, 0.1) is 24.0 Å². The van der Waals surface area contributed by atoms with Crippen LogP contribution in [0.5, 0.6) is 5.75 Å². The lowest BCUT2D eigenvalue weighted by Crippen LogP contribution is -2.50. The van der Waals surface area contributed by atoms with E-state index in [2.05, 4.69) is 25.2 Å². The van der Waals surface area contributed by atoms with Gasteiger partial charge in [0, 0.05) is 13.1 Å². The second-order valence-corrected chi connectivity index (χ2v) is 12.0. The molecule has 212 valence electrons. The number of alkyl halides is 1. The normalized spacial score (nSPS) is 21.4. The van der Waals surface area contributed by atoms with Gasteiger partial charge < -0.3 is 24.6 Å². The fourth-order valence-corrected chi connectivity index (χ4v) is 5.53. The predicted molar refractivity (Wildman–Crippen MR) is 145 cm³/mol. The number of rotatable bonds is 6. The molecule has 2 aromatic heterocycles. The van der Waals surface area contributed by atoms with Gasteiger partial charge in [-0.15, -0.1) is 0 Å². The minimum Gasteiger partial charge on any atom is -0.489 e. The van der Waals surface area contributed by atoms with E-state index in [1.54, 1.807) is 11.1 Å². The first-order chi connectivity index (χ1) is 19.0. The molecule has 10 nitrogen and oxygen atoms in total.